The van der Waals surface area contributed by atoms with Gasteiger partial charge in [0.1, 0.15) is 57.1 Å². The fourth-order valence-electron chi connectivity index (χ4n) is 16.3. The van der Waals surface area contributed by atoms with E-state index in [0.717, 1.165) is 73.9 Å². The van der Waals surface area contributed by atoms with Gasteiger partial charge in [-0.1, -0.05) is 156 Å². The molecule has 780 valence electrons. The summed E-state index contributed by atoms with van der Waals surface area (Å²) in [5, 5.41) is 23.9. The molecule has 4 heterocycles. The van der Waals surface area contributed by atoms with Crippen LogP contribution in [0.3, 0.4) is 0 Å². The normalized spacial score (nSPS) is 16.4. The van der Waals surface area contributed by atoms with Gasteiger partial charge in [0.25, 0.3) is 35.0 Å². The van der Waals surface area contributed by atoms with Crippen LogP contribution in [0.5, 0.6) is 46.0 Å². The van der Waals surface area contributed by atoms with Gasteiger partial charge in [-0.15, -0.1) is 0 Å². The van der Waals surface area contributed by atoms with Crippen LogP contribution in [0.15, 0.2) is 170 Å². The smallest absolute Gasteiger partial charge is 0.282 e. The lowest BCUT2D eigenvalue weighted by molar-refractivity contribution is -0.385. The number of nitro benzene ring substituents is 2. The number of benzene rings is 8. The summed E-state index contributed by atoms with van der Waals surface area (Å²) < 4.78 is 69.1. The van der Waals surface area contributed by atoms with E-state index in [1.165, 1.54) is 49.6 Å². The molecule has 4 amide bonds. The number of hydrogen-bond donors (Lipinski definition) is 2. The number of aryl methyl sites for hydroxylation is 4. The first-order valence-corrected chi connectivity index (χ1v) is 60.7. The van der Waals surface area contributed by atoms with Crippen molar-refractivity contribution < 1.29 is 84.6 Å². The van der Waals surface area contributed by atoms with Crippen molar-refractivity contribution in [3.63, 3.8) is 0 Å². The van der Waals surface area contributed by atoms with Crippen molar-refractivity contribution in [2.75, 3.05) is 121 Å². The first kappa shape index (κ1) is 116. The number of nitrogens with two attached hydrogens (primary N) is 2. The van der Waals surface area contributed by atoms with Gasteiger partial charge in [-0.3, -0.25) is 39.4 Å². The second-order valence-electron chi connectivity index (χ2n) is 43.3. The number of nitrogens with zero attached hydrogens (tertiary/aromatic N) is 6. The van der Waals surface area contributed by atoms with Crippen LogP contribution in [0.1, 0.15) is 195 Å². The molecule has 12 rings (SSSR count). The van der Waals surface area contributed by atoms with Crippen LogP contribution in [0, 0.1) is 47.9 Å². The predicted octanol–water partition coefficient (Wildman–Crippen LogP) is 24.3. The molecule has 4 aliphatic heterocycles. The number of ether oxygens (including phenoxy) is 8. The number of hydrogen-bond acceptors (Lipinski definition) is 22. The lowest BCUT2D eigenvalue weighted by atomic mass is 9.93. The van der Waals surface area contributed by atoms with E-state index in [2.05, 4.69) is 178 Å². The van der Waals surface area contributed by atoms with Gasteiger partial charge in [-0.05, 0) is 266 Å². The molecule has 0 unspecified atom stereocenters. The quantitative estimate of drug-likeness (QED) is 0.0183. The highest BCUT2D eigenvalue weighted by molar-refractivity contribution is 6.75. The first-order chi connectivity index (χ1) is 67.3. The van der Waals surface area contributed by atoms with Crippen LogP contribution < -0.4 is 49.4 Å². The van der Waals surface area contributed by atoms with E-state index < -0.39 is 54.9 Å². The summed E-state index contributed by atoms with van der Waals surface area (Å²) >= 11 is 0. The van der Waals surface area contributed by atoms with E-state index in [-0.39, 0.29) is 78.6 Å². The minimum atomic E-state index is -2.11. The minimum Gasteiger partial charge on any atom is -0.497 e. The maximum absolute atomic E-state index is 13.8. The Morgan fingerprint density at radius 3 is 0.833 bits per heavy atom. The summed E-state index contributed by atoms with van der Waals surface area (Å²) in [4.78, 5) is 85.0. The van der Waals surface area contributed by atoms with Gasteiger partial charge in [0.15, 0.2) is 33.3 Å². The average Bonchev–Trinajstić information content (AvgIpc) is 0.790. The molecule has 0 bridgehead atoms. The Morgan fingerprint density at radius 2 is 0.576 bits per heavy atom. The van der Waals surface area contributed by atoms with Crippen LogP contribution in [-0.4, -0.2) is 220 Å². The Hall–Kier alpha value is -11.9. The fraction of sp³-hybridized carbons (Fsp3) is 0.464. The Bertz CT molecular complexity index is 5840. The van der Waals surface area contributed by atoms with Crippen molar-refractivity contribution in [1.82, 2.24) is 19.6 Å². The van der Waals surface area contributed by atoms with E-state index in [1.54, 1.807) is 90.6 Å². The highest BCUT2D eigenvalue weighted by Crippen LogP contribution is 2.45. The third-order valence-corrected chi connectivity index (χ3v) is 47.8. The SMILES string of the molecule is COc1ccc(C2=CCN(C(=O)c3cc(OC)c(C)cc3N)[C@H](CO[Si](C)(C)C(C)(C)C)C2)cc1.COc1ccc(C2=CCN(C(=O)c3cc(OC)c(C)cc3[N+](=O)[O-])[C@H](CO[Si](C)(C)C(C)(C)C)C2)cc1.COc1ccc(C2=C[C@@H](CO[Si](C)(C)C(C)(C)C)N(C(=O)c3cc(OC)c(C)cc3N)CC2)cc1.COc1ccc(C2=C[C@@H](CO[Si](C)(C)C(C)(C)C)N(C(=O)c3cc(OC)c(C)cc3[N+](=O)[O-])CC2)cc1. The molecule has 4 N–H and O–H groups in total. The summed E-state index contributed by atoms with van der Waals surface area (Å²) in [6.07, 6.45) is 11.0. The number of amides is 4. The second kappa shape index (κ2) is 48.4. The molecular formula is C112H156N8O20Si4. The number of anilines is 2. The maximum atomic E-state index is 13.8. The molecule has 0 aromatic heterocycles. The van der Waals surface area contributed by atoms with Gasteiger partial charge >= 0.3 is 0 Å². The van der Waals surface area contributed by atoms with Crippen LogP contribution >= 0.6 is 0 Å². The first-order valence-electron chi connectivity index (χ1n) is 49.0. The number of carbonyl (C=O) groups is 4. The summed E-state index contributed by atoms with van der Waals surface area (Å²) in [5.41, 5.74) is 26.0. The number of rotatable bonds is 30. The van der Waals surface area contributed by atoms with Crippen molar-refractivity contribution in [1.29, 1.82) is 0 Å². The Balaban J connectivity index is 0.000000214. The maximum Gasteiger partial charge on any atom is 0.282 e. The second-order valence-corrected chi connectivity index (χ2v) is 62.6. The lowest BCUT2D eigenvalue weighted by Gasteiger charge is -2.41. The van der Waals surface area contributed by atoms with E-state index in [1.807, 2.05) is 103 Å². The van der Waals surface area contributed by atoms with Crippen LogP contribution in [0.4, 0.5) is 22.7 Å². The summed E-state index contributed by atoms with van der Waals surface area (Å²) in [5.74, 6) is 4.37. The molecule has 0 aliphatic carbocycles. The molecule has 0 radical (unpaired) electrons. The Kier molecular flexibility index (Phi) is 38.9. The largest absolute Gasteiger partial charge is 0.497 e. The molecule has 32 heteroatoms. The van der Waals surface area contributed by atoms with Crippen molar-refractivity contribution in [3.8, 4) is 46.0 Å². The molecule has 8 aromatic carbocycles. The molecule has 0 fully saturated rings. The lowest BCUT2D eigenvalue weighted by Crippen LogP contribution is -2.49. The molecule has 0 saturated carbocycles. The molecule has 0 saturated heterocycles. The molecular weight excluding hydrogens is 1890 g/mol. The molecule has 4 aliphatic rings. The molecule has 144 heavy (non-hydrogen) atoms. The van der Waals surface area contributed by atoms with Gasteiger partial charge in [-0.25, -0.2) is 0 Å². The van der Waals surface area contributed by atoms with Crippen molar-refractivity contribution >= 4 is 102 Å². The van der Waals surface area contributed by atoms with Gasteiger partial charge in [0, 0.05) is 61.8 Å². The Labute approximate surface area is 857 Å². The molecule has 28 nitrogen and oxygen atoms in total. The van der Waals surface area contributed by atoms with E-state index in [4.69, 9.17) is 67.1 Å². The zero-order valence-electron chi connectivity index (χ0n) is 91.0. The third-order valence-electron chi connectivity index (χ3n) is 29.8. The summed E-state index contributed by atoms with van der Waals surface area (Å²) in [7, 11) is 4.56. The van der Waals surface area contributed by atoms with Crippen LogP contribution in [0.25, 0.3) is 22.3 Å². The van der Waals surface area contributed by atoms with Gasteiger partial charge in [0.2, 0.25) is 0 Å². The van der Waals surface area contributed by atoms with Crippen molar-refractivity contribution in [2.24, 2.45) is 0 Å². The minimum absolute atomic E-state index is 0.00213. The summed E-state index contributed by atoms with van der Waals surface area (Å²) in [6.45, 7) is 54.7. The average molecular weight is 2050 g/mol. The fourth-order valence-corrected chi connectivity index (χ4v) is 20.5. The summed E-state index contributed by atoms with van der Waals surface area (Å²) in [6, 6.07) is 43.7. The van der Waals surface area contributed by atoms with Crippen molar-refractivity contribution in [2.45, 2.75) is 233 Å². The highest BCUT2D eigenvalue weighted by atomic mass is 28.4. The van der Waals surface area contributed by atoms with E-state index in [0.29, 0.717) is 128 Å². The van der Waals surface area contributed by atoms with Gasteiger partial charge < -0.3 is 86.7 Å². The zero-order chi connectivity index (χ0) is 107. The van der Waals surface area contributed by atoms with Gasteiger partial charge in [-0.2, -0.15) is 0 Å². The number of nitrogen functional groups attached to an aromatic ring is 2. The number of nitro groups is 2. The monoisotopic (exact) mass is 2050 g/mol. The number of methoxy groups -OCH3 is 8. The molecule has 0 spiro atoms. The van der Waals surface area contributed by atoms with Crippen LogP contribution in [-0.2, 0) is 17.7 Å². The third kappa shape index (κ3) is 28.4. The predicted molar refractivity (Wildman–Crippen MR) is 587 cm³/mol. The van der Waals surface area contributed by atoms with E-state index in [9.17, 15) is 39.4 Å². The Morgan fingerprint density at radius 1 is 0.340 bits per heavy atom. The zero-order valence-corrected chi connectivity index (χ0v) is 95.0. The topological polar surface area (TPSA) is 330 Å². The van der Waals surface area contributed by atoms with Crippen LogP contribution in [0.2, 0.25) is 72.5 Å². The number of carbonyl (C=O) groups excluding carboxylic acids is 4. The molecule has 8 aromatic rings. The van der Waals surface area contributed by atoms with Crippen molar-refractivity contribution in [3.05, 3.63) is 257 Å². The van der Waals surface area contributed by atoms with Gasteiger partial charge in [0.05, 0.1) is 128 Å². The molecule has 4 atom stereocenters. The standard InChI is InChI=1S/2C28H38N2O6Si.2C28H40N2O4Si/c2*1-19-15-25(30(32)33)24(17-26(19)35-6)27(31)29-14-13-21(20-9-11-23(34-5)12-10-20)16-22(29)18-36-37(7,8)28(2,3)4;2*1-19-15-25(29)24(17-26(19)33-6)27(31)30-14-13-21(20-9-11-23(32-5)12-10-20)16-22(30)18-34-35(7,8)28(2,3)4/h9-12,15-17,22H,13-14,18H2,1-8H3;9-13,15,17,22H,14,16,18H2,1-8H3;9-12,15-17,22H,13-14,18,29H2,1-8H3;9-13,15,17,22H,14,16,18,29H2,1-8H3/t4*22-/m0000/s1. The highest BCUT2D eigenvalue weighted by Gasteiger charge is 2.46. The van der Waals surface area contributed by atoms with E-state index >= 15 is 0 Å².